The number of carbonyl (C=O) groups is 2. The lowest BCUT2D eigenvalue weighted by Gasteiger charge is -2.10. The fraction of sp³-hybridized carbons (Fsp3) is 0.263. The van der Waals surface area contributed by atoms with Gasteiger partial charge < -0.3 is 10.1 Å². The lowest BCUT2D eigenvalue weighted by Crippen LogP contribution is -2.22. The molecular formula is C19H16Cl3NO3. The zero-order valence-corrected chi connectivity index (χ0v) is 16.0. The highest BCUT2D eigenvalue weighted by Crippen LogP contribution is 2.33. The number of rotatable bonds is 5. The van der Waals surface area contributed by atoms with Crippen LogP contribution in [0.15, 0.2) is 30.3 Å². The van der Waals surface area contributed by atoms with Gasteiger partial charge in [-0.25, -0.2) is 0 Å². The number of aryl methyl sites for hydroxylation is 2. The van der Waals surface area contributed by atoms with Crippen LogP contribution in [0.5, 0.6) is 0 Å². The molecule has 0 saturated heterocycles. The van der Waals surface area contributed by atoms with E-state index in [4.69, 9.17) is 39.5 Å². The van der Waals surface area contributed by atoms with Crippen LogP contribution in [0.1, 0.15) is 23.1 Å². The highest BCUT2D eigenvalue weighted by Gasteiger charge is 2.15. The number of esters is 1. The maximum atomic E-state index is 12.0. The molecule has 7 heteroatoms. The molecule has 0 saturated carbocycles. The number of amides is 1. The molecule has 26 heavy (non-hydrogen) atoms. The van der Waals surface area contributed by atoms with Crippen molar-refractivity contribution in [3.05, 3.63) is 62.1 Å². The molecule has 4 nitrogen and oxygen atoms in total. The van der Waals surface area contributed by atoms with Crippen molar-refractivity contribution in [2.75, 3.05) is 11.9 Å². The van der Waals surface area contributed by atoms with Crippen molar-refractivity contribution >= 4 is 52.4 Å². The van der Waals surface area contributed by atoms with Crippen LogP contribution >= 0.6 is 34.8 Å². The highest BCUT2D eigenvalue weighted by atomic mass is 35.5. The average Bonchev–Trinajstić information content (AvgIpc) is 3.04. The third-order valence-electron chi connectivity index (χ3n) is 4.15. The molecular weight excluding hydrogens is 397 g/mol. The van der Waals surface area contributed by atoms with E-state index in [0.717, 1.165) is 24.8 Å². The summed E-state index contributed by atoms with van der Waals surface area (Å²) in [5.41, 5.74) is 3.76. The van der Waals surface area contributed by atoms with Gasteiger partial charge in [0.2, 0.25) is 0 Å². The monoisotopic (exact) mass is 411 g/mol. The molecule has 0 aromatic heterocycles. The molecule has 1 aliphatic carbocycles. The first kappa shape index (κ1) is 19.0. The van der Waals surface area contributed by atoms with Crippen LogP contribution in [-0.2, 0) is 33.6 Å². The van der Waals surface area contributed by atoms with Gasteiger partial charge in [0.1, 0.15) is 0 Å². The second-order valence-corrected chi connectivity index (χ2v) is 7.34. The van der Waals surface area contributed by atoms with Crippen molar-refractivity contribution in [3.8, 4) is 0 Å². The fourth-order valence-electron chi connectivity index (χ4n) is 2.94. The summed E-state index contributed by atoms with van der Waals surface area (Å²) in [6.07, 6.45) is 3.42. The number of ether oxygens (including phenoxy) is 1. The lowest BCUT2D eigenvalue weighted by atomic mass is 10.0. The van der Waals surface area contributed by atoms with Gasteiger partial charge in [-0.1, -0.05) is 53.0 Å². The Balaban J connectivity index is 1.52. The minimum Gasteiger partial charge on any atom is -0.455 e. The van der Waals surface area contributed by atoms with Crippen molar-refractivity contribution < 1.29 is 14.3 Å². The maximum absolute atomic E-state index is 12.0. The third-order valence-corrected chi connectivity index (χ3v) is 4.96. The van der Waals surface area contributed by atoms with E-state index >= 15 is 0 Å². The van der Waals surface area contributed by atoms with Crippen LogP contribution in [0.25, 0.3) is 0 Å². The van der Waals surface area contributed by atoms with E-state index in [9.17, 15) is 9.59 Å². The number of hydrogen-bond donors (Lipinski definition) is 1. The standard InChI is InChI=1S/C19H16Cl3NO3/c20-14-8-15(21)19(16(22)9-14)23-17(24)10-26-18(25)7-11-4-5-12-2-1-3-13(12)6-11/h4-6,8-9H,1-3,7,10H2,(H,23,24). The van der Waals surface area contributed by atoms with Gasteiger partial charge in [0.25, 0.3) is 5.91 Å². The second kappa shape index (κ2) is 8.30. The molecule has 2 aromatic carbocycles. The molecule has 0 fully saturated rings. The second-order valence-electron chi connectivity index (χ2n) is 6.09. The number of fused-ring (bicyclic) bond motifs is 1. The predicted molar refractivity (Wildman–Crippen MR) is 103 cm³/mol. The van der Waals surface area contributed by atoms with Gasteiger partial charge in [0, 0.05) is 5.02 Å². The van der Waals surface area contributed by atoms with Crippen LogP contribution in [-0.4, -0.2) is 18.5 Å². The van der Waals surface area contributed by atoms with Gasteiger partial charge in [-0.2, -0.15) is 0 Å². The molecule has 0 unspecified atom stereocenters. The van der Waals surface area contributed by atoms with Gasteiger partial charge in [0.15, 0.2) is 6.61 Å². The summed E-state index contributed by atoms with van der Waals surface area (Å²) in [7, 11) is 0. The number of halogens is 3. The summed E-state index contributed by atoms with van der Waals surface area (Å²) >= 11 is 17.8. The number of hydrogen-bond acceptors (Lipinski definition) is 3. The quantitative estimate of drug-likeness (QED) is 0.714. The van der Waals surface area contributed by atoms with Crippen LogP contribution in [0.4, 0.5) is 5.69 Å². The van der Waals surface area contributed by atoms with E-state index in [-0.39, 0.29) is 22.2 Å². The average molecular weight is 413 g/mol. The molecule has 0 bridgehead atoms. The SMILES string of the molecule is O=C(COC(=O)Cc1ccc2c(c1)CCC2)Nc1c(Cl)cc(Cl)cc1Cl. The van der Waals surface area contributed by atoms with Crippen LogP contribution in [0.2, 0.25) is 15.1 Å². The van der Waals surface area contributed by atoms with Crippen LogP contribution in [0, 0.1) is 0 Å². The Morgan fingerprint density at radius 1 is 1.00 bits per heavy atom. The van der Waals surface area contributed by atoms with Crippen molar-refractivity contribution in [2.45, 2.75) is 25.7 Å². The Kier molecular flexibility index (Phi) is 6.07. The Bertz CT molecular complexity index is 844. The van der Waals surface area contributed by atoms with Gasteiger partial charge in [-0.15, -0.1) is 0 Å². The Hall–Kier alpha value is -1.75. The highest BCUT2D eigenvalue weighted by molar-refractivity contribution is 6.42. The van der Waals surface area contributed by atoms with E-state index in [2.05, 4.69) is 11.4 Å². The molecule has 0 aliphatic heterocycles. The zero-order valence-electron chi connectivity index (χ0n) is 13.8. The smallest absolute Gasteiger partial charge is 0.310 e. The van der Waals surface area contributed by atoms with Crippen LogP contribution < -0.4 is 5.32 Å². The molecule has 1 aliphatic rings. The number of carbonyl (C=O) groups excluding carboxylic acids is 2. The molecule has 2 aromatic rings. The number of nitrogens with one attached hydrogen (secondary N) is 1. The minimum absolute atomic E-state index is 0.128. The van der Waals surface area contributed by atoms with E-state index in [1.165, 1.54) is 23.3 Å². The largest absolute Gasteiger partial charge is 0.455 e. The van der Waals surface area contributed by atoms with E-state index in [1.54, 1.807) is 0 Å². The Labute approximate surface area is 166 Å². The summed E-state index contributed by atoms with van der Waals surface area (Å²) in [5, 5.41) is 3.30. The van der Waals surface area contributed by atoms with Gasteiger partial charge in [0.05, 0.1) is 22.2 Å². The lowest BCUT2D eigenvalue weighted by molar-refractivity contribution is -0.146. The Morgan fingerprint density at radius 3 is 2.42 bits per heavy atom. The normalized spacial score (nSPS) is 12.6. The molecule has 1 N–H and O–H groups in total. The molecule has 3 rings (SSSR count). The number of anilines is 1. The van der Waals surface area contributed by atoms with Crippen molar-refractivity contribution in [2.24, 2.45) is 0 Å². The predicted octanol–water partition coefficient (Wildman–Crippen LogP) is 4.86. The summed E-state index contributed by atoms with van der Waals surface area (Å²) in [5.74, 6) is -0.996. The summed E-state index contributed by atoms with van der Waals surface area (Å²) in [6.45, 7) is -0.418. The minimum atomic E-state index is -0.529. The van der Waals surface area contributed by atoms with E-state index in [0.29, 0.717) is 5.02 Å². The van der Waals surface area contributed by atoms with Crippen LogP contribution in [0.3, 0.4) is 0 Å². The Morgan fingerprint density at radius 2 is 1.69 bits per heavy atom. The van der Waals surface area contributed by atoms with Gasteiger partial charge in [-0.3, -0.25) is 9.59 Å². The first-order valence-corrected chi connectivity index (χ1v) is 9.26. The van der Waals surface area contributed by atoms with Crippen molar-refractivity contribution in [3.63, 3.8) is 0 Å². The molecule has 0 atom stereocenters. The molecule has 0 spiro atoms. The van der Waals surface area contributed by atoms with Crippen molar-refractivity contribution in [1.82, 2.24) is 0 Å². The maximum Gasteiger partial charge on any atom is 0.310 e. The van der Waals surface area contributed by atoms with Gasteiger partial charge >= 0.3 is 5.97 Å². The summed E-state index contributed by atoms with van der Waals surface area (Å²) < 4.78 is 5.04. The van der Waals surface area contributed by atoms with E-state index in [1.807, 2.05) is 12.1 Å². The first-order chi connectivity index (χ1) is 12.4. The molecule has 1 amide bonds. The molecule has 136 valence electrons. The topological polar surface area (TPSA) is 55.4 Å². The summed E-state index contributed by atoms with van der Waals surface area (Å²) in [6, 6.07) is 8.95. The molecule has 0 heterocycles. The fourth-order valence-corrected chi connectivity index (χ4v) is 3.85. The summed E-state index contributed by atoms with van der Waals surface area (Å²) in [4.78, 5) is 23.9. The first-order valence-electron chi connectivity index (χ1n) is 8.13. The third kappa shape index (κ3) is 4.70. The molecule has 0 radical (unpaired) electrons. The van der Waals surface area contributed by atoms with Gasteiger partial charge in [-0.05, 0) is 48.1 Å². The van der Waals surface area contributed by atoms with Crippen molar-refractivity contribution in [1.29, 1.82) is 0 Å². The number of benzene rings is 2. The van der Waals surface area contributed by atoms with E-state index < -0.39 is 18.5 Å². The zero-order chi connectivity index (χ0) is 18.7.